The van der Waals surface area contributed by atoms with E-state index in [4.69, 9.17) is 33.1 Å². The van der Waals surface area contributed by atoms with Crippen molar-refractivity contribution >= 4 is 17.6 Å². The van der Waals surface area contributed by atoms with Gasteiger partial charge in [0.2, 0.25) is 0 Å². The Labute approximate surface area is 511 Å². The zero-order valence-corrected chi connectivity index (χ0v) is 55.5. The molecule has 6 nitrogen and oxygen atoms in total. The molecule has 8 heteroatoms. The standard InChI is InChI=1S/C75H116O6Si2/c1-14-26-30-33-36-39-44-52-66(18-5)59-71(69-55-47-42-48-56-69)62-74(82(76-21-8,77-22-9)78-23-10)75(63-72(70-57-49-43-50-58-70)60-67(19-6)53-45-40-37-34-31-27-15-2)83(79-24-11,80-25-12)81-64-73(65(13)51-29-17-4)61-68(20-7)54-46-41-38-35-32-28-16-3/h17-20,26-32,39-51,55-58,66-68,71-75H,4-7,13-16,21-25,33-38,52-54,59-64H2,1-3,8-12H3/b30-26-,31-27-,32-28-,44-39+,45-40+,46-41+,51-29-. The average Bonchev–Trinajstić information content (AvgIpc) is 3.70. The zero-order chi connectivity index (χ0) is 60.7. The highest BCUT2D eigenvalue weighted by molar-refractivity contribution is 6.69. The summed E-state index contributed by atoms with van der Waals surface area (Å²) in [5.41, 5.74) is 2.82. The van der Waals surface area contributed by atoms with Gasteiger partial charge in [-0.15, -0.1) is 19.7 Å². The lowest BCUT2D eigenvalue weighted by Gasteiger charge is -2.47. The third-order valence-electron chi connectivity index (χ3n) is 15.5. The third-order valence-corrected chi connectivity index (χ3v) is 22.9. The van der Waals surface area contributed by atoms with E-state index < -0.39 is 17.6 Å². The van der Waals surface area contributed by atoms with Gasteiger partial charge >= 0.3 is 17.6 Å². The molecule has 0 aliphatic rings. The fourth-order valence-electron chi connectivity index (χ4n) is 11.2. The molecule has 0 N–H and O–H groups in total. The first-order valence-electron chi connectivity index (χ1n) is 32.3. The lowest BCUT2D eigenvalue weighted by molar-refractivity contribution is 0.0267. The number of hydrogen-bond acceptors (Lipinski definition) is 6. The normalized spacial score (nSPS) is 15.7. The highest BCUT2D eigenvalue weighted by Gasteiger charge is 2.63. The van der Waals surface area contributed by atoms with Crippen LogP contribution in [0, 0.1) is 23.7 Å². The van der Waals surface area contributed by atoms with Crippen LogP contribution in [-0.4, -0.2) is 57.3 Å². The van der Waals surface area contributed by atoms with Crippen LogP contribution < -0.4 is 0 Å². The van der Waals surface area contributed by atoms with Crippen molar-refractivity contribution in [2.75, 3.05) is 39.6 Å². The van der Waals surface area contributed by atoms with Crippen molar-refractivity contribution in [2.45, 2.75) is 187 Å². The molecule has 0 saturated heterocycles. The van der Waals surface area contributed by atoms with Crippen molar-refractivity contribution in [1.82, 2.24) is 0 Å². The summed E-state index contributed by atoms with van der Waals surface area (Å²) in [5, 5.41) is 0. The molecule has 8 atom stereocenters. The van der Waals surface area contributed by atoms with E-state index in [1.165, 1.54) is 11.1 Å². The van der Waals surface area contributed by atoms with Crippen LogP contribution in [0.1, 0.15) is 188 Å². The van der Waals surface area contributed by atoms with Gasteiger partial charge in [-0.2, -0.15) is 0 Å². The number of rotatable bonds is 52. The predicted molar refractivity (Wildman–Crippen MR) is 365 cm³/mol. The minimum Gasteiger partial charge on any atom is -0.374 e. The summed E-state index contributed by atoms with van der Waals surface area (Å²) in [4.78, 5) is 0. The molecule has 0 aliphatic carbocycles. The minimum atomic E-state index is -3.91. The zero-order valence-electron chi connectivity index (χ0n) is 53.5. The summed E-state index contributed by atoms with van der Waals surface area (Å²) < 4.78 is 44.6. The first kappa shape index (κ1) is 74.6. The molecular formula is C75H116O6Si2. The van der Waals surface area contributed by atoms with Crippen molar-refractivity contribution in [3.05, 3.63) is 220 Å². The molecule has 0 bridgehead atoms. The van der Waals surface area contributed by atoms with Crippen LogP contribution in [-0.2, 0) is 26.6 Å². The van der Waals surface area contributed by atoms with E-state index in [1.54, 1.807) is 0 Å². The van der Waals surface area contributed by atoms with E-state index in [0.29, 0.717) is 52.5 Å². The predicted octanol–water partition coefficient (Wildman–Crippen LogP) is 21.7. The average molecular weight is 1170 g/mol. The molecule has 0 aliphatic heterocycles. The van der Waals surface area contributed by atoms with E-state index >= 15 is 0 Å². The molecule has 2 aromatic rings. The maximum absolute atomic E-state index is 7.85. The first-order valence-corrected chi connectivity index (χ1v) is 35.9. The van der Waals surface area contributed by atoms with Gasteiger partial charge in [-0.05, 0) is 190 Å². The van der Waals surface area contributed by atoms with Crippen molar-refractivity contribution in [3.63, 3.8) is 0 Å². The van der Waals surface area contributed by atoms with Crippen LogP contribution in [0.2, 0.25) is 11.1 Å². The van der Waals surface area contributed by atoms with Gasteiger partial charge in [0, 0.05) is 56.6 Å². The summed E-state index contributed by atoms with van der Waals surface area (Å²) in [5.74, 6) is 0.617. The molecule has 460 valence electrons. The molecular weight excluding hydrogens is 1050 g/mol. The molecule has 83 heavy (non-hydrogen) atoms. The van der Waals surface area contributed by atoms with Crippen molar-refractivity contribution in [2.24, 2.45) is 23.7 Å². The summed E-state index contributed by atoms with van der Waals surface area (Å²) in [6.07, 6.45) is 55.8. The van der Waals surface area contributed by atoms with E-state index in [1.807, 2.05) is 12.2 Å². The second-order valence-corrected chi connectivity index (χ2v) is 27.3. The number of unbranched alkanes of at least 4 members (excludes halogenated alkanes) is 3. The van der Waals surface area contributed by atoms with Crippen LogP contribution in [0.4, 0.5) is 0 Å². The van der Waals surface area contributed by atoms with Gasteiger partial charge in [-0.1, -0.05) is 204 Å². The van der Waals surface area contributed by atoms with Crippen LogP contribution in [0.15, 0.2) is 208 Å². The maximum Gasteiger partial charge on any atom is 0.504 e. The van der Waals surface area contributed by atoms with E-state index in [-0.39, 0.29) is 46.6 Å². The fourth-order valence-corrected chi connectivity index (χ4v) is 19.1. The van der Waals surface area contributed by atoms with Crippen LogP contribution in [0.25, 0.3) is 0 Å². The Morgan fingerprint density at radius 2 is 0.735 bits per heavy atom. The Hall–Kier alpha value is -4.49. The molecule has 0 spiro atoms. The largest absolute Gasteiger partial charge is 0.504 e. The summed E-state index contributed by atoms with van der Waals surface area (Å²) in [6, 6.07) is 22.1. The molecule has 0 radical (unpaired) electrons. The monoisotopic (exact) mass is 1170 g/mol. The van der Waals surface area contributed by atoms with E-state index in [9.17, 15) is 0 Å². The van der Waals surface area contributed by atoms with Crippen LogP contribution in [0.3, 0.4) is 0 Å². The lowest BCUT2D eigenvalue weighted by atomic mass is 9.81. The van der Waals surface area contributed by atoms with Gasteiger partial charge in [0.15, 0.2) is 0 Å². The van der Waals surface area contributed by atoms with Crippen molar-refractivity contribution in [1.29, 1.82) is 0 Å². The second-order valence-electron chi connectivity index (χ2n) is 21.6. The van der Waals surface area contributed by atoms with Gasteiger partial charge in [-0.3, -0.25) is 0 Å². The summed E-state index contributed by atoms with van der Waals surface area (Å²) in [6.45, 7) is 41.3. The van der Waals surface area contributed by atoms with Crippen molar-refractivity contribution in [3.8, 4) is 0 Å². The Morgan fingerprint density at radius 3 is 1.05 bits per heavy atom. The van der Waals surface area contributed by atoms with Crippen LogP contribution >= 0.6 is 0 Å². The van der Waals surface area contributed by atoms with E-state index in [2.05, 4.69) is 240 Å². The van der Waals surface area contributed by atoms with Gasteiger partial charge < -0.3 is 26.6 Å². The molecule has 0 amide bonds. The Balaban J connectivity index is 3.19. The fraction of sp³-hybridized carbons (Fsp3) is 0.520. The summed E-state index contributed by atoms with van der Waals surface area (Å²) >= 11 is 0. The van der Waals surface area contributed by atoms with E-state index in [0.717, 1.165) is 102 Å². The molecule has 2 aromatic carbocycles. The number of allylic oxidation sites excluding steroid dienone is 18. The summed E-state index contributed by atoms with van der Waals surface area (Å²) in [7, 11) is -7.64. The second kappa shape index (κ2) is 47.7. The Morgan fingerprint density at radius 1 is 0.410 bits per heavy atom. The van der Waals surface area contributed by atoms with Gasteiger partial charge in [0.1, 0.15) is 0 Å². The maximum atomic E-state index is 7.85. The Kier molecular flexibility index (Phi) is 42.9. The van der Waals surface area contributed by atoms with Crippen molar-refractivity contribution < 1.29 is 26.6 Å². The third kappa shape index (κ3) is 29.4. The topological polar surface area (TPSA) is 55.4 Å². The molecule has 0 heterocycles. The number of benzene rings is 2. The van der Waals surface area contributed by atoms with Gasteiger partial charge in [0.05, 0.1) is 0 Å². The van der Waals surface area contributed by atoms with Gasteiger partial charge in [-0.25, -0.2) is 0 Å². The molecule has 2 rings (SSSR count). The first-order chi connectivity index (χ1) is 40.6. The molecule has 0 aromatic heterocycles. The van der Waals surface area contributed by atoms with Gasteiger partial charge in [0.25, 0.3) is 0 Å². The highest BCUT2D eigenvalue weighted by atomic mass is 28.4. The van der Waals surface area contributed by atoms with Crippen LogP contribution in [0.5, 0.6) is 0 Å². The molecule has 0 fully saturated rings. The molecule has 8 unspecified atom stereocenters. The quantitative estimate of drug-likeness (QED) is 0.0285. The SMILES string of the molecule is C=C/C=C\C(=C)C(CO[Si](OCC)(OCC)C(CC(CC(C=C)C/C=C/CC/C=C\CC)c1ccccc1)C(CC(CC(C=C)C/C=C/CC/C=C\CC)c1ccccc1)[Si](OCC)(OCC)OCC)CC(C=C)C/C=C/CC/C=C\CC. The Bertz CT molecular complexity index is 2180. The highest BCUT2D eigenvalue weighted by Crippen LogP contribution is 2.55. The molecule has 0 saturated carbocycles. The lowest BCUT2D eigenvalue weighted by Crippen LogP contribution is -2.60. The number of hydrogen-bond donors (Lipinski definition) is 0. The smallest absolute Gasteiger partial charge is 0.374 e. The minimum absolute atomic E-state index is 0.0460.